The van der Waals surface area contributed by atoms with Gasteiger partial charge < -0.3 is 4.42 Å². The molecule has 1 aromatic heterocycles. The zero-order valence-electron chi connectivity index (χ0n) is 8.19. The highest BCUT2D eigenvalue weighted by Crippen LogP contribution is 2.28. The summed E-state index contributed by atoms with van der Waals surface area (Å²) in [7, 11) is 0. The van der Waals surface area contributed by atoms with Crippen molar-refractivity contribution in [2.75, 3.05) is 0 Å². The highest BCUT2D eigenvalue weighted by molar-refractivity contribution is 9.10. The van der Waals surface area contributed by atoms with Crippen molar-refractivity contribution in [3.63, 3.8) is 0 Å². The summed E-state index contributed by atoms with van der Waals surface area (Å²) in [5.41, 5.74) is 0.246. The minimum atomic E-state index is -0.495. The Morgan fingerprint density at radius 3 is 2.69 bits per heavy atom. The van der Waals surface area contributed by atoms with Gasteiger partial charge >= 0.3 is 5.63 Å². The number of nitro groups is 1. The van der Waals surface area contributed by atoms with E-state index in [2.05, 4.69) is 15.9 Å². The van der Waals surface area contributed by atoms with Gasteiger partial charge in [0.15, 0.2) is 5.58 Å². The van der Waals surface area contributed by atoms with E-state index in [1.165, 1.54) is 12.1 Å². The lowest BCUT2D eigenvalue weighted by Gasteiger charge is -2.00. The maximum Gasteiger partial charge on any atom is 0.339 e. The quantitative estimate of drug-likeness (QED) is 0.458. The Bertz CT molecular complexity index is 647. The maximum absolute atomic E-state index is 11.3. The van der Waals surface area contributed by atoms with Crippen molar-refractivity contribution < 1.29 is 9.34 Å². The molecule has 1 heterocycles. The lowest BCUT2D eigenvalue weighted by Crippen LogP contribution is -2.02. The van der Waals surface area contributed by atoms with Gasteiger partial charge in [0.05, 0.1) is 9.40 Å². The van der Waals surface area contributed by atoms with E-state index in [9.17, 15) is 14.9 Å². The summed E-state index contributed by atoms with van der Waals surface area (Å²) in [6, 6.07) is 4.25. The summed E-state index contributed by atoms with van der Waals surface area (Å²) in [5.74, 6) is 0. The van der Waals surface area contributed by atoms with Crippen LogP contribution in [0.4, 0.5) is 5.69 Å². The van der Waals surface area contributed by atoms with Crippen LogP contribution in [0.15, 0.2) is 31.9 Å². The average molecular weight is 284 g/mol. The molecule has 0 aliphatic heterocycles. The summed E-state index contributed by atoms with van der Waals surface area (Å²) in [4.78, 5) is 21.4. The van der Waals surface area contributed by atoms with E-state index < -0.39 is 10.5 Å². The van der Waals surface area contributed by atoms with Crippen LogP contribution in [0.1, 0.15) is 5.56 Å². The molecular formula is C10H6BrNO4. The van der Waals surface area contributed by atoms with E-state index in [0.29, 0.717) is 21.0 Å². The third-order valence-corrected chi connectivity index (χ3v) is 2.75. The molecule has 0 amide bonds. The Kier molecular flexibility index (Phi) is 2.51. The van der Waals surface area contributed by atoms with Crippen molar-refractivity contribution in [2.24, 2.45) is 0 Å². The van der Waals surface area contributed by atoms with Gasteiger partial charge in [-0.15, -0.1) is 0 Å². The molecule has 0 unspecified atom stereocenters. The summed E-state index contributed by atoms with van der Waals surface area (Å²) < 4.78 is 5.43. The van der Waals surface area contributed by atoms with Crippen molar-refractivity contribution in [3.05, 3.63) is 48.8 Å². The highest BCUT2D eigenvalue weighted by Gasteiger charge is 2.12. The van der Waals surface area contributed by atoms with Crippen LogP contribution in [-0.2, 0) is 0 Å². The van der Waals surface area contributed by atoms with Crippen molar-refractivity contribution in [1.82, 2.24) is 0 Å². The minimum absolute atomic E-state index is 0.0485. The summed E-state index contributed by atoms with van der Waals surface area (Å²) >= 11 is 3.14. The lowest BCUT2D eigenvalue weighted by atomic mass is 10.2. The van der Waals surface area contributed by atoms with E-state index in [0.717, 1.165) is 0 Å². The van der Waals surface area contributed by atoms with Gasteiger partial charge in [0.2, 0.25) is 0 Å². The second-order valence-corrected chi connectivity index (χ2v) is 4.17. The van der Waals surface area contributed by atoms with Crippen LogP contribution in [0.2, 0.25) is 0 Å². The zero-order chi connectivity index (χ0) is 11.9. The smallest absolute Gasteiger partial charge is 0.339 e. The van der Waals surface area contributed by atoms with Crippen LogP contribution >= 0.6 is 15.9 Å². The Labute approximate surface area is 98.0 Å². The fourth-order valence-corrected chi connectivity index (χ4v) is 1.93. The normalized spacial score (nSPS) is 10.6. The summed E-state index contributed by atoms with van der Waals surface area (Å²) in [6.45, 7) is 1.60. The van der Waals surface area contributed by atoms with Gasteiger partial charge in [0.25, 0.3) is 5.69 Å². The topological polar surface area (TPSA) is 73.3 Å². The monoisotopic (exact) mass is 283 g/mol. The predicted molar refractivity (Wildman–Crippen MR) is 61.6 cm³/mol. The molecule has 0 atom stereocenters. The second kappa shape index (κ2) is 3.71. The largest absolute Gasteiger partial charge is 0.421 e. The molecular weight excluding hydrogens is 278 g/mol. The van der Waals surface area contributed by atoms with Crippen molar-refractivity contribution in [2.45, 2.75) is 6.92 Å². The van der Waals surface area contributed by atoms with Crippen molar-refractivity contribution in [1.29, 1.82) is 0 Å². The number of rotatable bonds is 1. The highest BCUT2D eigenvalue weighted by atomic mass is 79.9. The van der Waals surface area contributed by atoms with Gasteiger partial charge in [-0.3, -0.25) is 10.1 Å². The average Bonchev–Trinajstić information content (AvgIpc) is 2.20. The SMILES string of the molecule is Cc1cc2cc([N+](=O)[O-])cc(Br)c2oc1=O. The number of hydrogen-bond donors (Lipinski definition) is 0. The van der Waals surface area contributed by atoms with Crippen LogP contribution in [-0.4, -0.2) is 4.92 Å². The van der Waals surface area contributed by atoms with Crippen LogP contribution < -0.4 is 5.63 Å². The molecule has 82 valence electrons. The Balaban J connectivity index is 2.87. The Morgan fingerprint density at radius 2 is 2.06 bits per heavy atom. The van der Waals surface area contributed by atoms with E-state index in [-0.39, 0.29) is 5.69 Å². The number of nitrogens with zero attached hydrogens (tertiary/aromatic N) is 1. The molecule has 5 nitrogen and oxygen atoms in total. The number of hydrogen-bond acceptors (Lipinski definition) is 4. The first-order valence-corrected chi connectivity index (χ1v) is 5.17. The van der Waals surface area contributed by atoms with Crippen LogP contribution in [0, 0.1) is 17.0 Å². The molecule has 0 spiro atoms. The molecule has 0 saturated carbocycles. The Hall–Kier alpha value is -1.69. The molecule has 0 N–H and O–H groups in total. The molecule has 0 aliphatic carbocycles. The molecule has 16 heavy (non-hydrogen) atoms. The van der Waals surface area contributed by atoms with Crippen LogP contribution in [0.5, 0.6) is 0 Å². The van der Waals surface area contributed by atoms with Gasteiger partial charge in [0.1, 0.15) is 0 Å². The van der Waals surface area contributed by atoms with Crippen molar-refractivity contribution >= 4 is 32.6 Å². The van der Waals surface area contributed by atoms with Gasteiger partial charge in [-0.05, 0) is 28.9 Å². The summed E-state index contributed by atoms with van der Waals surface area (Å²) in [5, 5.41) is 11.2. The third kappa shape index (κ3) is 1.71. The molecule has 0 aliphatic rings. The molecule has 0 saturated heterocycles. The molecule has 2 rings (SSSR count). The van der Waals surface area contributed by atoms with E-state index in [1.54, 1.807) is 13.0 Å². The predicted octanol–water partition coefficient (Wildman–Crippen LogP) is 2.77. The Morgan fingerprint density at radius 1 is 1.38 bits per heavy atom. The first kappa shape index (κ1) is 10.8. The number of nitro benzene ring substituents is 1. The molecule has 0 radical (unpaired) electrons. The van der Waals surface area contributed by atoms with E-state index in [1.807, 2.05) is 0 Å². The fourth-order valence-electron chi connectivity index (χ4n) is 1.39. The van der Waals surface area contributed by atoms with Crippen LogP contribution in [0.3, 0.4) is 0 Å². The molecule has 0 bridgehead atoms. The number of halogens is 1. The number of benzene rings is 1. The van der Waals surface area contributed by atoms with Gasteiger partial charge in [-0.25, -0.2) is 4.79 Å². The minimum Gasteiger partial charge on any atom is -0.421 e. The summed E-state index contributed by atoms with van der Waals surface area (Å²) in [6.07, 6.45) is 0. The number of fused-ring (bicyclic) bond motifs is 1. The number of non-ortho nitro benzene ring substituents is 1. The standard InChI is InChI=1S/C10H6BrNO4/c1-5-2-6-3-7(12(14)15)4-8(11)9(6)16-10(5)13/h2-4H,1H3. The van der Waals surface area contributed by atoms with Gasteiger partial charge in [0, 0.05) is 23.1 Å². The fraction of sp³-hybridized carbons (Fsp3) is 0.100. The number of aryl methyl sites for hydroxylation is 1. The molecule has 1 aromatic carbocycles. The van der Waals surface area contributed by atoms with E-state index >= 15 is 0 Å². The first-order valence-electron chi connectivity index (χ1n) is 4.37. The molecule has 2 aromatic rings. The first-order chi connectivity index (χ1) is 7.49. The molecule has 6 heteroatoms. The van der Waals surface area contributed by atoms with Gasteiger partial charge in [-0.2, -0.15) is 0 Å². The third-order valence-electron chi connectivity index (χ3n) is 2.16. The second-order valence-electron chi connectivity index (χ2n) is 3.32. The van der Waals surface area contributed by atoms with Gasteiger partial charge in [-0.1, -0.05) is 0 Å². The van der Waals surface area contributed by atoms with E-state index in [4.69, 9.17) is 4.42 Å². The lowest BCUT2D eigenvalue weighted by molar-refractivity contribution is -0.384. The van der Waals surface area contributed by atoms with Crippen molar-refractivity contribution in [3.8, 4) is 0 Å². The van der Waals surface area contributed by atoms with Crippen LogP contribution in [0.25, 0.3) is 11.0 Å². The maximum atomic E-state index is 11.3. The molecule has 0 fully saturated rings. The zero-order valence-corrected chi connectivity index (χ0v) is 9.78.